The van der Waals surface area contributed by atoms with Gasteiger partial charge in [-0.05, 0) is 44.0 Å². The number of hydroxylamine groups is 1. The zero-order valence-corrected chi connectivity index (χ0v) is 12.1. The fraction of sp³-hybridized carbons (Fsp3) is 0.467. The van der Waals surface area contributed by atoms with Crippen LogP contribution >= 0.6 is 0 Å². The van der Waals surface area contributed by atoms with Gasteiger partial charge >= 0.3 is 5.97 Å². The molecule has 2 rings (SSSR count). The van der Waals surface area contributed by atoms with E-state index in [0.717, 1.165) is 31.7 Å². The maximum Gasteiger partial charge on any atom is 0.315 e. The van der Waals surface area contributed by atoms with Gasteiger partial charge in [0.1, 0.15) is 6.42 Å². The van der Waals surface area contributed by atoms with E-state index in [1.807, 2.05) is 17.2 Å². The molecule has 1 heterocycles. The summed E-state index contributed by atoms with van der Waals surface area (Å²) < 4.78 is 4.73. The van der Waals surface area contributed by atoms with E-state index in [4.69, 9.17) is 9.57 Å². The molecule has 0 saturated carbocycles. The summed E-state index contributed by atoms with van der Waals surface area (Å²) in [4.78, 5) is 28.4. The topological polar surface area (TPSA) is 67.9 Å². The third-order valence-corrected chi connectivity index (χ3v) is 3.05. The Morgan fingerprint density at radius 2 is 2.05 bits per heavy atom. The van der Waals surface area contributed by atoms with E-state index in [0.29, 0.717) is 5.69 Å². The van der Waals surface area contributed by atoms with E-state index in [9.17, 15) is 9.59 Å². The normalized spacial score (nSPS) is 14.6. The fourth-order valence-corrected chi connectivity index (χ4v) is 2.06. The lowest BCUT2D eigenvalue weighted by molar-refractivity contribution is -0.145. The lowest BCUT2D eigenvalue weighted by atomic mass is 10.2. The Morgan fingerprint density at radius 3 is 2.67 bits per heavy atom. The third kappa shape index (κ3) is 4.75. The molecule has 1 N–H and O–H groups in total. The number of benzene rings is 1. The van der Waals surface area contributed by atoms with Crippen molar-refractivity contribution in [3.05, 3.63) is 24.3 Å². The number of hydrogen-bond acceptors (Lipinski definition) is 5. The highest BCUT2D eigenvalue weighted by Crippen LogP contribution is 2.21. The van der Waals surface area contributed by atoms with Gasteiger partial charge in [0.25, 0.3) is 0 Å². The quantitative estimate of drug-likeness (QED) is 0.665. The minimum atomic E-state index is -0.520. The number of rotatable bonds is 5. The van der Waals surface area contributed by atoms with Crippen molar-refractivity contribution < 1.29 is 19.2 Å². The van der Waals surface area contributed by atoms with Crippen LogP contribution in [0.2, 0.25) is 0 Å². The Labute approximate surface area is 124 Å². The molecule has 6 nitrogen and oxygen atoms in total. The lowest BCUT2D eigenvalue weighted by Crippen LogP contribution is -2.29. The van der Waals surface area contributed by atoms with E-state index >= 15 is 0 Å². The standard InChI is InChI=1S/C15H20N2O4/c1-2-20-15(19)11-14(18)16-12-5-7-13(8-6-12)17-9-3-4-10-21-17/h5-8H,2-4,9-11H2,1H3,(H,16,18). The van der Waals surface area contributed by atoms with Gasteiger partial charge < -0.3 is 10.1 Å². The van der Waals surface area contributed by atoms with Gasteiger partial charge in [0.05, 0.1) is 18.9 Å². The minimum Gasteiger partial charge on any atom is -0.466 e. The second-order valence-electron chi connectivity index (χ2n) is 4.72. The molecule has 6 heteroatoms. The molecule has 0 radical (unpaired) electrons. The first kappa shape index (κ1) is 15.3. The average molecular weight is 292 g/mol. The van der Waals surface area contributed by atoms with Crippen LogP contribution in [0.4, 0.5) is 11.4 Å². The molecule has 21 heavy (non-hydrogen) atoms. The Kier molecular flexibility index (Phi) is 5.57. The van der Waals surface area contributed by atoms with Crippen molar-refractivity contribution in [2.24, 2.45) is 0 Å². The lowest BCUT2D eigenvalue weighted by Gasteiger charge is -2.27. The molecule has 0 unspecified atom stereocenters. The summed E-state index contributed by atoms with van der Waals surface area (Å²) in [6, 6.07) is 7.34. The van der Waals surface area contributed by atoms with Crippen LogP contribution in [0.5, 0.6) is 0 Å². The summed E-state index contributed by atoms with van der Waals surface area (Å²) in [5.41, 5.74) is 1.60. The molecule has 1 aliphatic rings. The number of ether oxygens (including phenoxy) is 1. The molecule has 0 spiro atoms. The third-order valence-electron chi connectivity index (χ3n) is 3.05. The van der Waals surface area contributed by atoms with Gasteiger partial charge in [-0.1, -0.05) is 0 Å². The van der Waals surface area contributed by atoms with Gasteiger partial charge in [-0.15, -0.1) is 0 Å². The summed E-state index contributed by atoms with van der Waals surface area (Å²) in [6.07, 6.45) is 1.92. The maximum absolute atomic E-state index is 11.6. The number of carbonyl (C=O) groups is 2. The van der Waals surface area contributed by atoms with E-state index < -0.39 is 5.97 Å². The highest BCUT2D eigenvalue weighted by atomic mass is 16.7. The number of amides is 1. The fourth-order valence-electron chi connectivity index (χ4n) is 2.06. The number of esters is 1. The van der Waals surface area contributed by atoms with E-state index in [2.05, 4.69) is 5.32 Å². The van der Waals surface area contributed by atoms with Crippen LogP contribution in [0.15, 0.2) is 24.3 Å². The molecule has 1 aliphatic heterocycles. The van der Waals surface area contributed by atoms with Crippen LogP contribution in [0.25, 0.3) is 0 Å². The van der Waals surface area contributed by atoms with Gasteiger partial charge in [0.2, 0.25) is 5.91 Å². The first-order valence-corrected chi connectivity index (χ1v) is 7.15. The van der Waals surface area contributed by atoms with Gasteiger partial charge in [0.15, 0.2) is 0 Å². The molecule has 1 aromatic rings. The van der Waals surface area contributed by atoms with Crippen LogP contribution in [0.3, 0.4) is 0 Å². The summed E-state index contributed by atoms with van der Waals surface area (Å²) in [5, 5.41) is 4.52. The van der Waals surface area contributed by atoms with Crippen molar-refractivity contribution in [2.45, 2.75) is 26.2 Å². The predicted octanol–water partition coefficient (Wildman–Crippen LogP) is 2.11. The van der Waals surface area contributed by atoms with Crippen molar-refractivity contribution in [2.75, 3.05) is 30.1 Å². The number of hydrogen-bond donors (Lipinski definition) is 1. The van der Waals surface area contributed by atoms with Crippen LogP contribution in [-0.2, 0) is 19.2 Å². The molecule has 0 atom stereocenters. The first-order chi connectivity index (χ1) is 10.2. The van der Waals surface area contributed by atoms with Crippen molar-refractivity contribution in [3.63, 3.8) is 0 Å². The number of nitrogens with zero attached hydrogens (tertiary/aromatic N) is 1. The Hall–Kier alpha value is -2.08. The molecular formula is C15H20N2O4. The van der Waals surface area contributed by atoms with Crippen LogP contribution in [0, 0.1) is 0 Å². The van der Waals surface area contributed by atoms with Crippen LogP contribution in [0.1, 0.15) is 26.2 Å². The van der Waals surface area contributed by atoms with Gasteiger partial charge in [-0.3, -0.25) is 19.5 Å². The van der Waals surface area contributed by atoms with Crippen LogP contribution < -0.4 is 10.4 Å². The van der Waals surface area contributed by atoms with Gasteiger partial charge in [-0.2, -0.15) is 0 Å². The van der Waals surface area contributed by atoms with E-state index in [-0.39, 0.29) is 18.9 Å². The molecule has 114 valence electrons. The molecule has 1 saturated heterocycles. The molecule has 1 fully saturated rings. The molecule has 1 aromatic carbocycles. The highest BCUT2D eigenvalue weighted by Gasteiger charge is 2.13. The largest absolute Gasteiger partial charge is 0.466 e. The molecule has 0 bridgehead atoms. The van der Waals surface area contributed by atoms with E-state index in [1.165, 1.54) is 0 Å². The SMILES string of the molecule is CCOC(=O)CC(=O)Nc1ccc(N2CCCCO2)cc1. The van der Waals surface area contributed by atoms with Crippen molar-refractivity contribution >= 4 is 23.3 Å². The zero-order chi connectivity index (χ0) is 15.1. The smallest absolute Gasteiger partial charge is 0.315 e. The summed E-state index contributed by atoms with van der Waals surface area (Å²) in [7, 11) is 0. The van der Waals surface area contributed by atoms with E-state index in [1.54, 1.807) is 19.1 Å². The van der Waals surface area contributed by atoms with Gasteiger partial charge in [-0.25, -0.2) is 0 Å². The first-order valence-electron chi connectivity index (χ1n) is 7.15. The highest BCUT2D eigenvalue weighted by molar-refractivity contribution is 6.01. The molecular weight excluding hydrogens is 272 g/mol. The number of carbonyl (C=O) groups excluding carboxylic acids is 2. The monoisotopic (exact) mass is 292 g/mol. The van der Waals surface area contributed by atoms with Crippen LogP contribution in [-0.4, -0.2) is 31.6 Å². The second kappa shape index (κ2) is 7.64. The Bertz CT molecular complexity index is 481. The summed E-state index contributed by atoms with van der Waals surface area (Å²) in [5.74, 6) is -0.899. The molecule has 1 amide bonds. The number of nitrogens with one attached hydrogen (secondary N) is 1. The molecule has 0 aliphatic carbocycles. The molecule has 0 aromatic heterocycles. The Balaban J connectivity index is 1.87. The average Bonchev–Trinajstić information content (AvgIpc) is 2.49. The zero-order valence-electron chi connectivity index (χ0n) is 12.1. The van der Waals surface area contributed by atoms with Crippen molar-refractivity contribution in [1.29, 1.82) is 0 Å². The van der Waals surface area contributed by atoms with Crippen molar-refractivity contribution in [1.82, 2.24) is 0 Å². The predicted molar refractivity (Wildman–Crippen MR) is 78.9 cm³/mol. The summed E-state index contributed by atoms with van der Waals surface area (Å²) in [6.45, 7) is 3.58. The second-order valence-corrected chi connectivity index (χ2v) is 4.72. The summed E-state index contributed by atoms with van der Waals surface area (Å²) >= 11 is 0. The maximum atomic E-state index is 11.6. The Morgan fingerprint density at radius 1 is 1.29 bits per heavy atom. The number of anilines is 2. The minimum absolute atomic E-state index is 0.273. The van der Waals surface area contributed by atoms with Crippen molar-refractivity contribution in [3.8, 4) is 0 Å². The van der Waals surface area contributed by atoms with Gasteiger partial charge in [0, 0.05) is 12.2 Å².